The zero-order valence-electron chi connectivity index (χ0n) is 78.6. The summed E-state index contributed by atoms with van der Waals surface area (Å²) in [7, 11) is -13.6. The highest BCUT2D eigenvalue weighted by atomic mass is 32.2. The Labute approximate surface area is 837 Å². The van der Waals surface area contributed by atoms with Gasteiger partial charge in [-0.1, -0.05) is 60.7 Å². The number of rotatable bonds is 25. The van der Waals surface area contributed by atoms with E-state index in [9.17, 15) is 133 Å². The van der Waals surface area contributed by atoms with E-state index in [0.717, 1.165) is 53.2 Å². The molecule has 5 aromatic carbocycles. The highest BCUT2D eigenvalue weighted by Crippen LogP contribution is 2.38. The first-order valence-corrected chi connectivity index (χ1v) is 51.5. The number of aromatic hydroxyl groups is 1. The predicted octanol–water partition coefficient (Wildman–Crippen LogP) is 14.3. The Balaban J connectivity index is 0.000000177. The van der Waals surface area contributed by atoms with Crippen LogP contribution < -0.4 is 46.7 Å². The lowest BCUT2D eigenvalue weighted by atomic mass is 10.1. The van der Waals surface area contributed by atoms with Gasteiger partial charge in [-0.15, -0.1) is 0 Å². The van der Waals surface area contributed by atoms with Crippen molar-refractivity contribution in [3.05, 3.63) is 351 Å². The number of methoxy groups -OCH3 is 3. The van der Waals surface area contributed by atoms with Crippen molar-refractivity contribution in [2.24, 2.45) is 0 Å². The number of pyridine rings is 5. The largest absolute Gasteiger partial charge is 0.508 e. The van der Waals surface area contributed by atoms with Gasteiger partial charge in [-0.25, -0.2) is 83.5 Å². The molecule has 0 aliphatic heterocycles. The summed E-state index contributed by atoms with van der Waals surface area (Å²) in [4.78, 5) is 95.9. The molecule has 0 spiro atoms. The number of halogens is 15. The number of benzene rings is 5. The second-order valence-corrected chi connectivity index (χ2v) is 40.8. The topological polar surface area (TPSA) is 450 Å². The molecule has 1 atom stereocenters. The number of hydrogen-bond acceptors (Lipinski definition) is 29. The van der Waals surface area contributed by atoms with E-state index in [-0.39, 0.29) is 111 Å². The molecule has 0 radical (unpaired) electrons. The Kier molecular flexibility index (Phi) is 35.4. The molecule has 0 saturated heterocycles. The monoisotopic (exact) mass is 2180 g/mol. The van der Waals surface area contributed by atoms with Gasteiger partial charge in [0.15, 0.2) is 0 Å². The molecule has 10 aromatic heterocycles. The minimum absolute atomic E-state index is 0.00452. The van der Waals surface area contributed by atoms with E-state index >= 15 is 0 Å². The maximum absolute atomic E-state index is 13.2. The number of aromatic nitrogens is 15. The van der Waals surface area contributed by atoms with Crippen LogP contribution in [0, 0.1) is 0 Å². The Morgan fingerprint density at radius 1 is 0.295 bits per heavy atom. The number of phenols is 1. The van der Waals surface area contributed by atoms with E-state index in [4.69, 9.17) is 18.9 Å². The third-order valence-electron chi connectivity index (χ3n) is 20.3. The van der Waals surface area contributed by atoms with Gasteiger partial charge in [-0.3, -0.25) is 28.2 Å². The van der Waals surface area contributed by atoms with E-state index in [1.807, 2.05) is 6.92 Å². The maximum Gasteiger partial charge on any atom is 0.433 e. The molecule has 15 rings (SSSR count). The van der Waals surface area contributed by atoms with Crippen molar-refractivity contribution >= 4 is 50.1 Å². The van der Waals surface area contributed by atoms with Crippen LogP contribution in [0.25, 0.3) is 56.3 Å². The Morgan fingerprint density at radius 2 is 0.537 bits per heavy atom. The molecule has 10 heterocycles. The van der Waals surface area contributed by atoms with Crippen LogP contribution in [0.2, 0.25) is 0 Å². The molecule has 54 heteroatoms. The number of nitrogens with zero attached hydrogens (tertiary/aromatic N) is 15. The molecule has 784 valence electrons. The van der Waals surface area contributed by atoms with E-state index in [2.05, 4.69) is 49.8 Å². The molecule has 0 aliphatic rings. The van der Waals surface area contributed by atoms with E-state index in [1.54, 1.807) is 109 Å². The van der Waals surface area contributed by atoms with Gasteiger partial charge in [-0.2, -0.15) is 65.9 Å². The van der Waals surface area contributed by atoms with Gasteiger partial charge < -0.3 is 46.9 Å². The fourth-order valence-corrected chi connectivity index (χ4v) is 15.8. The molecule has 0 amide bonds. The number of alkyl halides is 15. The number of phenolic OH excluding ortho intramolecular Hbond substituents is 1. The normalized spacial score (nSPS) is 12.2. The lowest BCUT2D eigenvalue weighted by Crippen LogP contribution is -2.19. The standard InChI is InChI=1S/C20H18F3N3O4S.2C19H16F3N3O4S.C19H16F3N3O3S.C18H14F3N3O4S/c1-3-30-15-6-4-5-13(9-15)11-26-12-14(7-8-18(26)27)16-10-17(20(21,22)23)25-19(24-16)31(2,28)29;1-29-14-6-3-12(4-7-14)10-25-11-13(5-8-17(25)26)15-9-16(19(20,21)22)24-18(23-15)30(2,27)28;1-29-14-5-3-4-12(8-14)10-25-11-13(6-7-17(25)26)15-9-16(19(20,21)22)24-18(23-15)30(2,27)28;1-28-14-6-3-12(4-7-14)10-25-11-13(5-8-17(25)26)15-9-16(19(20,21)22)24-18(23-15)29(2)27;1-29(27,28)17-22-14(8-15(23-17)18(19,20)21)12-5-6-16(26)24(10-12)9-11-3-2-4-13(25)7-11/h4-10,12H,3,11H2,1-2H3;2*3-9,11H,10H2,1-2H3;3-9,11H,10H2,1-2H3;2-8,10,25H,9H2,1H3. The summed E-state index contributed by atoms with van der Waals surface area (Å²) < 4.78 is 331. The van der Waals surface area contributed by atoms with Crippen molar-refractivity contribution in [2.45, 2.75) is 96.3 Å². The van der Waals surface area contributed by atoms with Crippen molar-refractivity contribution in [1.29, 1.82) is 0 Å². The van der Waals surface area contributed by atoms with Crippen LogP contribution in [0.4, 0.5) is 65.9 Å². The summed E-state index contributed by atoms with van der Waals surface area (Å²) in [6, 6.07) is 49.8. The van der Waals surface area contributed by atoms with E-state index in [0.29, 0.717) is 65.7 Å². The SMILES string of the molecule is CCOc1cccc(Cn2cc(-c3cc(C(F)(F)F)nc(S(C)(=O)=O)n3)ccc2=O)c1.COc1ccc(Cn2cc(-c3cc(C(F)(F)F)nc(S(C)(=O)=O)n3)ccc2=O)cc1.COc1ccc(Cn2cc(-c3cc(C(F)(F)F)nc(S(C)=O)n3)ccc2=O)cc1.COc1cccc(Cn2cc(-c3cc(C(F)(F)F)nc(S(C)(=O)=O)n3)ccc2=O)c1.CS(=O)(=O)c1nc(-c2ccc(=O)n(Cc3cccc(O)c3)c2)cc(C(F)(F)F)n1. The van der Waals surface area contributed by atoms with Gasteiger partial charge in [0, 0.05) is 120 Å². The van der Waals surface area contributed by atoms with Crippen molar-refractivity contribution in [3.8, 4) is 85.0 Å². The first kappa shape index (κ1) is 113. The molecule has 0 aliphatic carbocycles. The Bertz CT molecular complexity index is 8350. The van der Waals surface area contributed by atoms with Crippen LogP contribution in [0.15, 0.2) is 293 Å². The van der Waals surface area contributed by atoms with Crippen LogP contribution in [-0.2, 0) is 114 Å². The summed E-state index contributed by atoms with van der Waals surface area (Å²) in [6.45, 7) is 2.95. The van der Waals surface area contributed by atoms with Crippen LogP contribution in [0.3, 0.4) is 0 Å². The molecule has 1 N–H and O–H groups in total. The van der Waals surface area contributed by atoms with Gasteiger partial charge >= 0.3 is 30.9 Å². The molecule has 1 unspecified atom stereocenters. The second-order valence-electron chi connectivity index (χ2n) is 31.9. The van der Waals surface area contributed by atoms with Gasteiger partial charge in [0.05, 0.1) is 99.9 Å². The Morgan fingerprint density at radius 3 is 0.785 bits per heavy atom. The first-order valence-electron chi connectivity index (χ1n) is 42.4. The van der Waals surface area contributed by atoms with Crippen LogP contribution in [0.1, 0.15) is 63.2 Å². The van der Waals surface area contributed by atoms with Gasteiger partial charge in [0.2, 0.25) is 65.1 Å². The molecular weight excluding hydrogens is 2100 g/mol. The lowest BCUT2D eigenvalue weighted by Gasteiger charge is -2.12. The van der Waals surface area contributed by atoms with Crippen molar-refractivity contribution in [1.82, 2.24) is 72.7 Å². The fourth-order valence-electron chi connectivity index (χ4n) is 13.2. The van der Waals surface area contributed by atoms with Gasteiger partial charge in [-0.05, 0) is 156 Å². The molecule has 34 nitrogen and oxygen atoms in total. The van der Waals surface area contributed by atoms with Crippen LogP contribution in [-0.4, -0.2) is 175 Å². The fraction of sp³-hybridized carbons (Fsp3) is 0.211. The zero-order valence-corrected chi connectivity index (χ0v) is 82.6. The molecule has 0 fully saturated rings. The van der Waals surface area contributed by atoms with Crippen molar-refractivity contribution in [3.63, 3.8) is 0 Å². The number of hydrogen-bond donors (Lipinski definition) is 1. The lowest BCUT2D eigenvalue weighted by molar-refractivity contribution is -0.142. The van der Waals surface area contributed by atoms with E-state index < -0.39 is 146 Å². The highest BCUT2D eigenvalue weighted by Gasteiger charge is 2.40. The minimum Gasteiger partial charge on any atom is -0.508 e. The first-order chi connectivity index (χ1) is 69.5. The molecule has 0 bridgehead atoms. The van der Waals surface area contributed by atoms with Crippen LogP contribution in [0.5, 0.6) is 28.7 Å². The molecule has 15 aromatic rings. The second kappa shape index (κ2) is 46.5. The molecule has 0 saturated carbocycles. The summed E-state index contributed by atoms with van der Waals surface area (Å²) in [6.07, 6.45) is -13.5. The highest BCUT2D eigenvalue weighted by molar-refractivity contribution is 7.91. The average molecular weight is 2180 g/mol. The zero-order chi connectivity index (χ0) is 110. The summed E-state index contributed by atoms with van der Waals surface area (Å²) in [5, 5.41) is 5.31. The van der Waals surface area contributed by atoms with Gasteiger partial charge in [0.1, 0.15) is 57.2 Å². The van der Waals surface area contributed by atoms with Crippen molar-refractivity contribution in [2.75, 3.05) is 59.2 Å². The number of sulfone groups is 4. The minimum atomic E-state index is -4.88. The Hall–Kier alpha value is -15.9. The third kappa shape index (κ3) is 31.6. The quantitative estimate of drug-likeness (QED) is 0.0410. The summed E-state index contributed by atoms with van der Waals surface area (Å²) in [5.74, 6) is 2.49. The van der Waals surface area contributed by atoms with Gasteiger partial charge in [0.25, 0.3) is 27.8 Å². The summed E-state index contributed by atoms with van der Waals surface area (Å²) in [5.41, 5.74) is -5.47. The predicted molar refractivity (Wildman–Crippen MR) is 509 cm³/mol. The van der Waals surface area contributed by atoms with E-state index in [1.165, 1.54) is 148 Å². The average Bonchev–Trinajstić information content (AvgIpc) is 0.957. The summed E-state index contributed by atoms with van der Waals surface area (Å²) >= 11 is 0. The van der Waals surface area contributed by atoms with Crippen LogP contribution >= 0.6 is 0 Å². The smallest absolute Gasteiger partial charge is 0.433 e. The van der Waals surface area contributed by atoms with Crippen molar-refractivity contribution < 1.29 is 128 Å². The number of ether oxygens (including phenoxy) is 4. The molecular formula is C95H80F15N15O19S5. The molecule has 149 heavy (non-hydrogen) atoms. The third-order valence-corrected chi connectivity index (χ3v) is 24.4. The maximum atomic E-state index is 13.2.